The van der Waals surface area contributed by atoms with Crippen molar-refractivity contribution in [3.8, 4) is 22.6 Å². The van der Waals surface area contributed by atoms with Gasteiger partial charge in [0, 0.05) is 23.7 Å². The Balaban J connectivity index is 1.49. The van der Waals surface area contributed by atoms with Gasteiger partial charge in [-0.15, -0.1) is 0 Å². The first-order chi connectivity index (χ1) is 17.3. The van der Waals surface area contributed by atoms with E-state index in [4.69, 9.17) is 9.97 Å². The number of nitrogens with one attached hydrogen (secondary N) is 2. The highest BCUT2D eigenvalue weighted by Crippen LogP contribution is 2.57. The zero-order valence-electron chi connectivity index (χ0n) is 20.3. The second kappa shape index (κ2) is 8.09. The fourth-order valence-corrected chi connectivity index (χ4v) is 6.06. The minimum Gasteiger partial charge on any atom is -0.340 e. The molecule has 36 heavy (non-hydrogen) atoms. The molecule has 0 aliphatic heterocycles. The van der Waals surface area contributed by atoms with Gasteiger partial charge in [-0.1, -0.05) is 12.1 Å². The Hall–Kier alpha value is -3.85. The predicted octanol–water partition coefficient (Wildman–Crippen LogP) is 3.79. The van der Waals surface area contributed by atoms with Crippen LogP contribution in [0.25, 0.3) is 33.5 Å². The molecule has 1 aromatic carbocycles. The lowest BCUT2D eigenvalue weighted by atomic mass is 9.53. The second-order valence-electron chi connectivity index (χ2n) is 10.4. The molecule has 9 heteroatoms. The SMILES string of the molecule is Cc1cccc(-c2[nH]c(C34CCC(C(=O)NO)(CC3)CC4)nc2-c2ccc3ncn(C)c(=O)c3c2)n1. The number of benzene rings is 1. The van der Waals surface area contributed by atoms with Crippen LogP contribution in [0.1, 0.15) is 50.0 Å². The van der Waals surface area contributed by atoms with Crippen LogP contribution < -0.4 is 11.0 Å². The Morgan fingerprint density at radius 2 is 1.83 bits per heavy atom. The zero-order chi connectivity index (χ0) is 25.1. The summed E-state index contributed by atoms with van der Waals surface area (Å²) < 4.78 is 1.48. The van der Waals surface area contributed by atoms with Gasteiger partial charge in [-0.05, 0) is 69.7 Å². The Labute approximate surface area is 207 Å². The molecule has 0 saturated heterocycles. The number of amides is 1. The van der Waals surface area contributed by atoms with E-state index in [1.54, 1.807) is 7.05 Å². The molecule has 3 aromatic heterocycles. The summed E-state index contributed by atoms with van der Waals surface area (Å²) in [7, 11) is 1.69. The van der Waals surface area contributed by atoms with Crippen LogP contribution in [-0.4, -0.2) is 35.6 Å². The van der Waals surface area contributed by atoms with E-state index in [9.17, 15) is 14.8 Å². The molecule has 3 aliphatic rings. The molecule has 0 atom stereocenters. The second-order valence-corrected chi connectivity index (χ2v) is 10.4. The normalized spacial score (nSPS) is 23.2. The zero-order valence-corrected chi connectivity index (χ0v) is 20.3. The van der Waals surface area contributed by atoms with Crippen molar-refractivity contribution in [2.45, 2.75) is 50.9 Å². The lowest BCUT2D eigenvalue weighted by Gasteiger charge is -2.51. The van der Waals surface area contributed by atoms with E-state index in [0.717, 1.165) is 53.4 Å². The molecule has 2 bridgehead atoms. The van der Waals surface area contributed by atoms with Crippen LogP contribution in [0.3, 0.4) is 0 Å². The maximum Gasteiger partial charge on any atom is 0.260 e. The average Bonchev–Trinajstić information content (AvgIpc) is 3.38. The largest absolute Gasteiger partial charge is 0.340 e. The number of H-pyrrole nitrogens is 1. The van der Waals surface area contributed by atoms with Gasteiger partial charge >= 0.3 is 0 Å². The molecule has 184 valence electrons. The number of hydrogen-bond donors (Lipinski definition) is 3. The number of carbonyl (C=O) groups is 1. The minimum atomic E-state index is -0.488. The van der Waals surface area contributed by atoms with Crippen LogP contribution >= 0.6 is 0 Å². The number of aromatic nitrogens is 5. The predicted molar refractivity (Wildman–Crippen MR) is 134 cm³/mol. The number of hydrogen-bond acceptors (Lipinski definition) is 6. The monoisotopic (exact) mass is 484 g/mol. The van der Waals surface area contributed by atoms with Crippen molar-refractivity contribution in [2.24, 2.45) is 12.5 Å². The maximum absolute atomic E-state index is 12.8. The molecule has 3 heterocycles. The van der Waals surface area contributed by atoms with Crippen molar-refractivity contribution >= 4 is 16.8 Å². The summed E-state index contributed by atoms with van der Waals surface area (Å²) in [5, 5.41) is 9.80. The number of aryl methyl sites for hydroxylation is 2. The summed E-state index contributed by atoms with van der Waals surface area (Å²) >= 11 is 0. The van der Waals surface area contributed by atoms with Crippen LogP contribution in [0.4, 0.5) is 0 Å². The summed E-state index contributed by atoms with van der Waals surface area (Å²) in [5.41, 5.74) is 5.86. The summed E-state index contributed by atoms with van der Waals surface area (Å²) in [4.78, 5) is 43.1. The first-order valence-electron chi connectivity index (χ1n) is 12.3. The van der Waals surface area contributed by atoms with E-state index in [-0.39, 0.29) is 16.9 Å². The first-order valence-corrected chi connectivity index (χ1v) is 12.3. The number of imidazole rings is 1. The van der Waals surface area contributed by atoms with Gasteiger partial charge in [0.05, 0.1) is 39.7 Å². The van der Waals surface area contributed by atoms with Crippen molar-refractivity contribution in [3.63, 3.8) is 0 Å². The average molecular weight is 485 g/mol. The number of fused-ring (bicyclic) bond motifs is 4. The Morgan fingerprint density at radius 3 is 2.53 bits per heavy atom. The topological polar surface area (TPSA) is 126 Å². The van der Waals surface area contributed by atoms with Crippen molar-refractivity contribution in [3.05, 3.63) is 64.6 Å². The van der Waals surface area contributed by atoms with Gasteiger partial charge in [-0.2, -0.15) is 0 Å². The van der Waals surface area contributed by atoms with E-state index in [1.165, 1.54) is 10.9 Å². The van der Waals surface area contributed by atoms with E-state index >= 15 is 0 Å². The Bertz CT molecular complexity index is 1540. The lowest BCUT2D eigenvalue weighted by Crippen LogP contribution is -2.51. The molecule has 4 aromatic rings. The van der Waals surface area contributed by atoms with Gasteiger partial charge in [0.1, 0.15) is 5.82 Å². The quantitative estimate of drug-likeness (QED) is 0.299. The Kier molecular flexibility index (Phi) is 5.08. The molecular weight excluding hydrogens is 456 g/mol. The van der Waals surface area contributed by atoms with Crippen LogP contribution in [0.15, 0.2) is 47.5 Å². The van der Waals surface area contributed by atoms with Gasteiger partial charge in [0.25, 0.3) is 5.56 Å². The van der Waals surface area contributed by atoms with Crippen molar-refractivity contribution in [2.75, 3.05) is 0 Å². The third-order valence-corrected chi connectivity index (χ3v) is 8.37. The van der Waals surface area contributed by atoms with E-state index in [1.807, 2.05) is 48.8 Å². The van der Waals surface area contributed by atoms with Crippen molar-refractivity contribution in [1.82, 2.24) is 30.0 Å². The molecule has 0 unspecified atom stereocenters. The van der Waals surface area contributed by atoms with Crippen LogP contribution in [0.2, 0.25) is 0 Å². The molecule has 1 amide bonds. The smallest absolute Gasteiger partial charge is 0.260 e. The van der Waals surface area contributed by atoms with Crippen molar-refractivity contribution in [1.29, 1.82) is 0 Å². The van der Waals surface area contributed by atoms with Crippen LogP contribution in [-0.2, 0) is 17.3 Å². The molecule has 0 spiro atoms. The lowest BCUT2D eigenvalue weighted by molar-refractivity contribution is -0.147. The highest BCUT2D eigenvalue weighted by Gasteiger charge is 2.54. The minimum absolute atomic E-state index is 0.107. The van der Waals surface area contributed by atoms with Crippen molar-refractivity contribution < 1.29 is 10.0 Å². The van der Waals surface area contributed by atoms with E-state index in [2.05, 4.69) is 9.97 Å². The highest BCUT2D eigenvalue weighted by molar-refractivity contribution is 5.86. The van der Waals surface area contributed by atoms with Gasteiger partial charge < -0.3 is 9.55 Å². The fraction of sp³-hybridized carbons (Fsp3) is 0.370. The molecule has 3 N–H and O–H groups in total. The first kappa shape index (κ1) is 22.6. The molecule has 3 aliphatic carbocycles. The molecule has 7 rings (SSSR count). The third kappa shape index (κ3) is 3.37. The number of hydroxylamine groups is 1. The molecular formula is C27H28N6O3. The molecule has 9 nitrogen and oxygen atoms in total. The molecule has 0 radical (unpaired) electrons. The number of aromatic amines is 1. The Morgan fingerprint density at radius 1 is 1.08 bits per heavy atom. The van der Waals surface area contributed by atoms with Crippen LogP contribution in [0, 0.1) is 12.3 Å². The standard InChI is InChI=1S/C27H28N6O3/c1-16-4-3-5-20(29-16)22-21(17-6-7-19-18(14-17)23(34)33(2)15-28-19)30-24(31-22)26-8-11-27(12-9-26,13-10-26)25(35)32-36/h3-7,14-15,36H,8-13H2,1-2H3,(H,30,31)(H,32,35). The molecule has 3 saturated carbocycles. The van der Waals surface area contributed by atoms with E-state index < -0.39 is 5.41 Å². The number of nitrogens with zero attached hydrogens (tertiary/aromatic N) is 4. The van der Waals surface area contributed by atoms with Crippen LogP contribution in [0.5, 0.6) is 0 Å². The summed E-state index contributed by atoms with van der Waals surface area (Å²) in [5.74, 6) is 0.625. The van der Waals surface area contributed by atoms with Gasteiger partial charge in [-0.3, -0.25) is 19.8 Å². The number of rotatable bonds is 4. The highest BCUT2D eigenvalue weighted by atomic mass is 16.5. The van der Waals surface area contributed by atoms with Gasteiger partial charge in [0.2, 0.25) is 5.91 Å². The van der Waals surface area contributed by atoms with Gasteiger partial charge in [-0.25, -0.2) is 15.4 Å². The van der Waals surface area contributed by atoms with E-state index in [0.29, 0.717) is 30.2 Å². The summed E-state index contributed by atoms with van der Waals surface area (Å²) in [6.45, 7) is 1.96. The third-order valence-electron chi connectivity index (χ3n) is 8.37. The summed E-state index contributed by atoms with van der Waals surface area (Å²) in [6.07, 6.45) is 6.12. The van der Waals surface area contributed by atoms with Gasteiger partial charge in [0.15, 0.2) is 0 Å². The maximum atomic E-state index is 12.8. The molecule has 3 fully saturated rings. The number of carbonyl (C=O) groups excluding carboxylic acids is 1. The fourth-order valence-electron chi connectivity index (χ4n) is 6.06. The number of pyridine rings is 1. The summed E-state index contributed by atoms with van der Waals surface area (Å²) in [6, 6.07) is 11.6.